The van der Waals surface area contributed by atoms with Gasteiger partial charge in [-0.3, -0.25) is 24.1 Å². The third-order valence-electron chi connectivity index (χ3n) is 4.71. The maximum absolute atomic E-state index is 12.8. The van der Waals surface area contributed by atoms with Crippen LogP contribution in [-0.2, 0) is 11.3 Å². The van der Waals surface area contributed by atoms with Crippen molar-refractivity contribution >= 4 is 23.6 Å². The molecule has 2 aromatic rings. The fourth-order valence-electron chi connectivity index (χ4n) is 3.26. The molecule has 2 aromatic carbocycles. The Bertz CT molecular complexity index is 915. The highest BCUT2D eigenvalue weighted by atomic mass is 16.2. The summed E-state index contributed by atoms with van der Waals surface area (Å²) in [6.07, 6.45) is 0. The van der Waals surface area contributed by atoms with E-state index in [1.807, 2.05) is 0 Å². The van der Waals surface area contributed by atoms with Gasteiger partial charge in [0, 0.05) is 12.1 Å². The lowest BCUT2D eigenvalue weighted by Gasteiger charge is -2.28. The smallest absolute Gasteiger partial charge is 0.262 e. The lowest BCUT2D eigenvalue weighted by Crippen LogP contribution is -2.52. The van der Waals surface area contributed by atoms with Gasteiger partial charge in [0.1, 0.15) is 6.04 Å². The number of nitrogens with two attached hydrogens (primary N) is 1. The van der Waals surface area contributed by atoms with Gasteiger partial charge in [-0.2, -0.15) is 0 Å². The standard InChI is InChI=1S/C21H21N3O4/c1-12(2)17(24-20(27)15-5-3-4-6-16(15)21(24)28)19(26)23-11-13-7-9-14(10-8-13)18(22)25/h3-10,12,17H,11H2,1-2H3,(H2,22,25)(H,23,26). The van der Waals surface area contributed by atoms with E-state index in [-0.39, 0.29) is 12.5 Å². The van der Waals surface area contributed by atoms with Gasteiger partial charge in [0.2, 0.25) is 11.8 Å². The molecular weight excluding hydrogens is 358 g/mol. The van der Waals surface area contributed by atoms with Gasteiger partial charge in [-0.25, -0.2) is 0 Å². The predicted molar refractivity (Wildman–Crippen MR) is 102 cm³/mol. The van der Waals surface area contributed by atoms with E-state index in [4.69, 9.17) is 5.73 Å². The first-order valence-corrected chi connectivity index (χ1v) is 8.94. The molecule has 0 spiro atoms. The molecule has 0 saturated heterocycles. The number of benzene rings is 2. The van der Waals surface area contributed by atoms with Crippen molar-refractivity contribution in [3.8, 4) is 0 Å². The molecule has 0 saturated carbocycles. The van der Waals surface area contributed by atoms with Crippen LogP contribution in [-0.4, -0.2) is 34.6 Å². The zero-order valence-electron chi connectivity index (χ0n) is 15.6. The van der Waals surface area contributed by atoms with Crippen LogP contribution in [0.1, 0.15) is 50.5 Å². The third-order valence-corrected chi connectivity index (χ3v) is 4.71. The van der Waals surface area contributed by atoms with Gasteiger partial charge < -0.3 is 11.1 Å². The lowest BCUT2D eigenvalue weighted by molar-refractivity contribution is -0.126. The largest absolute Gasteiger partial charge is 0.366 e. The van der Waals surface area contributed by atoms with E-state index in [1.165, 1.54) is 0 Å². The topological polar surface area (TPSA) is 110 Å². The van der Waals surface area contributed by atoms with E-state index in [0.717, 1.165) is 10.5 Å². The van der Waals surface area contributed by atoms with Gasteiger partial charge in [-0.05, 0) is 35.7 Å². The van der Waals surface area contributed by atoms with Gasteiger partial charge in [0.15, 0.2) is 0 Å². The first-order chi connectivity index (χ1) is 13.3. The Morgan fingerprint density at radius 2 is 1.50 bits per heavy atom. The first kappa shape index (κ1) is 19.3. The maximum Gasteiger partial charge on any atom is 0.262 e. The van der Waals surface area contributed by atoms with E-state index in [1.54, 1.807) is 62.4 Å². The molecule has 1 aliphatic rings. The number of carbonyl (C=O) groups is 4. The average Bonchev–Trinajstić information content (AvgIpc) is 2.92. The Labute approximate surface area is 162 Å². The highest BCUT2D eigenvalue weighted by molar-refractivity contribution is 6.22. The zero-order valence-corrected chi connectivity index (χ0v) is 15.6. The lowest BCUT2D eigenvalue weighted by atomic mass is 10.0. The number of rotatable bonds is 6. The Morgan fingerprint density at radius 3 is 1.96 bits per heavy atom. The van der Waals surface area contributed by atoms with Crippen LogP contribution in [0, 0.1) is 5.92 Å². The molecule has 3 N–H and O–H groups in total. The molecule has 1 atom stereocenters. The Balaban J connectivity index is 1.76. The van der Waals surface area contributed by atoms with E-state index >= 15 is 0 Å². The van der Waals surface area contributed by atoms with Gasteiger partial charge in [0.05, 0.1) is 11.1 Å². The number of nitrogens with one attached hydrogen (secondary N) is 1. The molecule has 0 aromatic heterocycles. The molecule has 0 bridgehead atoms. The van der Waals surface area contributed by atoms with Crippen molar-refractivity contribution in [3.63, 3.8) is 0 Å². The number of nitrogens with zero attached hydrogens (tertiary/aromatic N) is 1. The van der Waals surface area contributed by atoms with E-state index < -0.39 is 29.7 Å². The maximum atomic E-state index is 12.8. The molecule has 144 valence electrons. The van der Waals surface area contributed by atoms with Gasteiger partial charge in [-0.1, -0.05) is 38.1 Å². The summed E-state index contributed by atoms with van der Waals surface area (Å²) in [6.45, 7) is 3.77. The number of carbonyl (C=O) groups excluding carboxylic acids is 4. The molecule has 0 aliphatic carbocycles. The number of amides is 4. The van der Waals surface area contributed by atoms with Gasteiger partial charge in [-0.15, -0.1) is 0 Å². The molecule has 7 heteroatoms. The first-order valence-electron chi connectivity index (χ1n) is 8.94. The number of primary amides is 1. The number of hydrogen-bond donors (Lipinski definition) is 2. The minimum Gasteiger partial charge on any atom is -0.366 e. The normalized spacial score (nSPS) is 14.2. The van der Waals surface area contributed by atoms with E-state index in [9.17, 15) is 19.2 Å². The summed E-state index contributed by atoms with van der Waals surface area (Å²) < 4.78 is 0. The minimum atomic E-state index is -0.919. The van der Waals surface area contributed by atoms with Crippen LogP contribution in [0.5, 0.6) is 0 Å². The molecule has 4 amide bonds. The molecule has 28 heavy (non-hydrogen) atoms. The summed E-state index contributed by atoms with van der Waals surface area (Å²) in [5.41, 5.74) is 6.98. The van der Waals surface area contributed by atoms with Crippen LogP contribution in [0.25, 0.3) is 0 Å². The van der Waals surface area contributed by atoms with Crippen molar-refractivity contribution in [2.45, 2.75) is 26.4 Å². The van der Waals surface area contributed by atoms with Crippen LogP contribution in [0.2, 0.25) is 0 Å². The second-order valence-electron chi connectivity index (χ2n) is 6.99. The molecule has 7 nitrogen and oxygen atoms in total. The van der Waals surface area contributed by atoms with Crippen molar-refractivity contribution in [2.24, 2.45) is 11.7 Å². The van der Waals surface area contributed by atoms with Crippen molar-refractivity contribution < 1.29 is 19.2 Å². The second-order valence-corrected chi connectivity index (χ2v) is 6.99. The van der Waals surface area contributed by atoms with Crippen molar-refractivity contribution in [2.75, 3.05) is 0 Å². The Morgan fingerprint density at radius 1 is 0.964 bits per heavy atom. The number of hydrogen-bond acceptors (Lipinski definition) is 4. The average molecular weight is 379 g/mol. The Kier molecular flexibility index (Phi) is 5.26. The number of fused-ring (bicyclic) bond motifs is 1. The van der Waals surface area contributed by atoms with Crippen molar-refractivity contribution in [1.82, 2.24) is 10.2 Å². The molecular formula is C21H21N3O4. The summed E-state index contributed by atoms with van der Waals surface area (Å²) in [7, 11) is 0. The highest BCUT2D eigenvalue weighted by Crippen LogP contribution is 2.27. The summed E-state index contributed by atoms with van der Waals surface area (Å²) in [4.78, 5) is 50.4. The van der Waals surface area contributed by atoms with Crippen LogP contribution in [0.15, 0.2) is 48.5 Å². The molecule has 0 radical (unpaired) electrons. The summed E-state index contributed by atoms with van der Waals surface area (Å²) in [5.74, 6) is -2.12. The van der Waals surface area contributed by atoms with Gasteiger partial charge in [0.25, 0.3) is 11.8 Å². The fraction of sp³-hybridized carbons (Fsp3) is 0.238. The fourth-order valence-corrected chi connectivity index (χ4v) is 3.26. The van der Waals surface area contributed by atoms with Crippen LogP contribution >= 0.6 is 0 Å². The molecule has 3 rings (SSSR count). The monoisotopic (exact) mass is 379 g/mol. The zero-order chi connectivity index (χ0) is 20.4. The van der Waals surface area contributed by atoms with E-state index in [2.05, 4.69) is 5.32 Å². The van der Waals surface area contributed by atoms with Crippen LogP contribution < -0.4 is 11.1 Å². The number of imide groups is 1. The van der Waals surface area contributed by atoms with Crippen LogP contribution in [0.4, 0.5) is 0 Å². The van der Waals surface area contributed by atoms with Gasteiger partial charge >= 0.3 is 0 Å². The molecule has 1 aliphatic heterocycles. The summed E-state index contributed by atoms with van der Waals surface area (Å²) in [5, 5.41) is 2.77. The molecule has 1 unspecified atom stereocenters. The van der Waals surface area contributed by atoms with Crippen molar-refractivity contribution in [1.29, 1.82) is 0 Å². The molecule has 0 fully saturated rings. The summed E-state index contributed by atoms with van der Waals surface area (Å²) >= 11 is 0. The predicted octanol–water partition coefficient (Wildman–Crippen LogP) is 1.72. The highest BCUT2D eigenvalue weighted by Gasteiger charge is 2.43. The third kappa shape index (κ3) is 3.51. The SMILES string of the molecule is CC(C)C(C(=O)NCc1ccc(C(N)=O)cc1)N1C(=O)c2ccccc2C1=O. The van der Waals surface area contributed by atoms with Crippen LogP contribution in [0.3, 0.4) is 0 Å². The quantitative estimate of drug-likeness (QED) is 0.745. The summed E-state index contributed by atoms with van der Waals surface area (Å²) in [6, 6.07) is 12.2. The second kappa shape index (κ2) is 7.64. The van der Waals surface area contributed by atoms with Crippen molar-refractivity contribution in [3.05, 3.63) is 70.8 Å². The van der Waals surface area contributed by atoms with E-state index in [0.29, 0.717) is 16.7 Å². The Hall–Kier alpha value is -3.48. The minimum absolute atomic E-state index is 0.199. The molecule has 1 heterocycles.